The van der Waals surface area contributed by atoms with Gasteiger partial charge in [-0.25, -0.2) is 0 Å². The Labute approximate surface area is 223 Å². The number of Topliss-reactive ketones (excluding diaryl/α,β-unsaturated/α-hetero) is 1. The van der Waals surface area contributed by atoms with Gasteiger partial charge in [-0.15, -0.1) is 0 Å². The molecule has 0 saturated carbocycles. The SMILES string of the molecule is CC1(C)CC(=O)C2=C(C1)NC(SCC(=O)Nc1cccc(Cl)c1Cl)=C(C#N)C2c1ccc(Cl)cc1. The summed E-state index contributed by atoms with van der Waals surface area (Å²) in [4.78, 5) is 25.9. The summed E-state index contributed by atoms with van der Waals surface area (Å²) in [6.07, 6.45) is 1.06. The third-order valence-electron chi connectivity index (χ3n) is 5.90. The summed E-state index contributed by atoms with van der Waals surface area (Å²) < 4.78 is 0. The van der Waals surface area contributed by atoms with Gasteiger partial charge in [0.25, 0.3) is 0 Å². The lowest BCUT2D eigenvalue weighted by Gasteiger charge is -2.39. The molecule has 180 valence electrons. The molecule has 1 aliphatic carbocycles. The first-order valence-corrected chi connectivity index (χ1v) is 13.0. The Balaban J connectivity index is 1.65. The second-order valence-electron chi connectivity index (χ2n) is 9.24. The molecule has 1 heterocycles. The van der Waals surface area contributed by atoms with Crippen molar-refractivity contribution in [1.82, 2.24) is 5.32 Å². The number of nitrogens with zero attached hydrogens (tertiary/aromatic N) is 1. The molecule has 2 aromatic rings. The second-order valence-corrected chi connectivity index (χ2v) is 11.4. The van der Waals surface area contributed by atoms with Gasteiger partial charge in [0.2, 0.25) is 5.91 Å². The van der Waals surface area contributed by atoms with Gasteiger partial charge in [0.05, 0.1) is 44.1 Å². The summed E-state index contributed by atoms with van der Waals surface area (Å²) >= 11 is 19.5. The number of nitriles is 1. The van der Waals surface area contributed by atoms with Gasteiger partial charge < -0.3 is 10.6 Å². The molecule has 2 aliphatic rings. The molecular weight excluding hydrogens is 525 g/mol. The van der Waals surface area contributed by atoms with Crippen LogP contribution in [0.4, 0.5) is 5.69 Å². The summed E-state index contributed by atoms with van der Waals surface area (Å²) in [5.74, 6) is -0.767. The molecule has 9 heteroatoms. The lowest BCUT2D eigenvalue weighted by atomic mass is 9.69. The number of hydrogen-bond donors (Lipinski definition) is 2. The van der Waals surface area contributed by atoms with Crippen LogP contribution in [0.3, 0.4) is 0 Å². The van der Waals surface area contributed by atoms with Crippen LogP contribution in [0.5, 0.6) is 0 Å². The van der Waals surface area contributed by atoms with Crippen LogP contribution >= 0.6 is 46.6 Å². The van der Waals surface area contributed by atoms with E-state index < -0.39 is 5.92 Å². The molecule has 35 heavy (non-hydrogen) atoms. The van der Waals surface area contributed by atoms with Crippen LogP contribution in [0.15, 0.2) is 64.3 Å². The van der Waals surface area contributed by atoms with Gasteiger partial charge in [-0.3, -0.25) is 9.59 Å². The molecule has 1 aliphatic heterocycles. The third-order valence-corrected chi connectivity index (χ3v) is 7.99. The lowest BCUT2D eigenvalue weighted by Crippen LogP contribution is -2.37. The number of carbonyl (C=O) groups is 2. The van der Waals surface area contributed by atoms with Crippen molar-refractivity contribution in [3.8, 4) is 6.07 Å². The lowest BCUT2D eigenvalue weighted by molar-refractivity contribution is -0.118. The van der Waals surface area contributed by atoms with Crippen molar-refractivity contribution in [2.45, 2.75) is 32.6 Å². The van der Waals surface area contributed by atoms with Gasteiger partial charge >= 0.3 is 0 Å². The first-order chi connectivity index (χ1) is 16.6. The summed E-state index contributed by atoms with van der Waals surface area (Å²) in [5.41, 5.74) is 2.82. The average molecular weight is 547 g/mol. The maximum absolute atomic E-state index is 13.2. The van der Waals surface area contributed by atoms with Crippen LogP contribution in [-0.2, 0) is 9.59 Å². The average Bonchev–Trinajstić information content (AvgIpc) is 2.79. The Morgan fingerprint density at radius 3 is 2.57 bits per heavy atom. The third kappa shape index (κ3) is 5.54. The first kappa shape index (κ1) is 25.7. The van der Waals surface area contributed by atoms with Crippen LogP contribution in [0, 0.1) is 16.7 Å². The van der Waals surface area contributed by atoms with E-state index in [1.54, 1.807) is 30.3 Å². The molecule has 4 rings (SSSR count). The molecule has 1 atom stereocenters. The molecule has 0 fully saturated rings. The largest absolute Gasteiger partial charge is 0.352 e. The van der Waals surface area contributed by atoms with Gasteiger partial charge in [0.15, 0.2) is 5.78 Å². The first-order valence-electron chi connectivity index (χ1n) is 10.9. The van der Waals surface area contributed by atoms with Crippen molar-refractivity contribution >= 4 is 63.9 Å². The second kappa shape index (κ2) is 10.3. The molecule has 2 N–H and O–H groups in total. The number of anilines is 1. The maximum atomic E-state index is 13.2. The topological polar surface area (TPSA) is 82.0 Å². The van der Waals surface area contributed by atoms with Gasteiger partial charge in [0, 0.05) is 22.7 Å². The Morgan fingerprint density at radius 1 is 1.17 bits per heavy atom. The summed E-state index contributed by atoms with van der Waals surface area (Å²) in [7, 11) is 0. The Morgan fingerprint density at radius 2 is 1.89 bits per heavy atom. The standard InChI is InChI=1S/C26H22Cl3N3O2S/c1-26(2)10-19-23(20(33)11-26)22(14-6-8-15(27)9-7-14)16(12-30)25(32-19)35-13-21(34)31-18-5-3-4-17(28)24(18)29/h3-9,22,32H,10-11,13H2,1-2H3,(H,31,34). The highest BCUT2D eigenvalue weighted by atomic mass is 35.5. The zero-order valence-electron chi connectivity index (χ0n) is 19.0. The number of dihydropyridines is 1. The van der Waals surface area contributed by atoms with E-state index in [-0.39, 0.29) is 27.9 Å². The van der Waals surface area contributed by atoms with Crippen molar-refractivity contribution in [2.24, 2.45) is 5.41 Å². The van der Waals surface area contributed by atoms with Crippen molar-refractivity contribution in [3.63, 3.8) is 0 Å². The summed E-state index contributed by atoms with van der Waals surface area (Å²) in [5, 5.41) is 18.0. The fourth-order valence-electron chi connectivity index (χ4n) is 4.40. The zero-order chi connectivity index (χ0) is 25.3. The van der Waals surface area contributed by atoms with Crippen LogP contribution in [0.1, 0.15) is 38.2 Å². The van der Waals surface area contributed by atoms with E-state index in [1.165, 1.54) is 11.8 Å². The smallest absolute Gasteiger partial charge is 0.234 e. The number of benzene rings is 2. The van der Waals surface area contributed by atoms with E-state index in [9.17, 15) is 14.9 Å². The molecule has 1 unspecified atom stereocenters. The summed E-state index contributed by atoms with van der Waals surface area (Å²) in [6, 6.07) is 14.5. The highest BCUT2D eigenvalue weighted by Gasteiger charge is 2.41. The van der Waals surface area contributed by atoms with Crippen LogP contribution in [0.2, 0.25) is 15.1 Å². The number of carbonyl (C=O) groups excluding carboxylic acids is 2. The van der Waals surface area contributed by atoms with E-state index >= 15 is 0 Å². The van der Waals surface area contributed by atoms with Crippen LogP contribution in [0.25, 0.3) is 0 Å². The minimum atomic E-state index is -0.523. The molecule has 1 amide bonds. The Bertz CT molecular complexity index is 1310. The molecule has 0 spiro atoms. The normalized spacial score (nSPS) is 19.1. The van der Waals surface area contributed by atoms with E-state index in [0.29, 0.717) is 44.7 Å². The minimum Gasteiger partial charge on any atom is -0.352 e. The molecular formula is C26H22Cl3N3O2S. The van der Waals surface area contributed by atoms with Gasteiger partial charge in [-0.2, -0.15) is 5.26 Å². The van der Waals surface area contributed by atoms with E-state index in [0.717, 1.165) is 11.3 Å². The minimum absolute atomic E-state index is 0.0221. The predicted octanol–water partition coefficient (Wildman–Crippen LogP) is 7.08. The number of allylic oxidation sites excluding steroid dienone is 3. The monoisotopic (exact) mass is 545 g/mol. The van der Waals surface area contributed by atoms with Crippen molar-refractivity contribution in [2.75, 3.05) is 11.1 Å². The maximum Gasteiger partial charge on any atom is 0.234 e. The highest BCUT2D eigenvalue weighted by Crippen LogP contribution is 2.48. The fraction of sp³-hybridized carbons (Fsp3) is 0.269. The van der Waals surface area contributed by atoms with Gasteiger partial charge in [-0.1, -0.05) is 78.6 Å². The van der Waals surface area contributed by atoms with Crippen LogP contribution in [-0.4, -0.2) is 17.4 Å². The van der Waals surface area contributed by atoms with E-state index in [2.05, 4.69) is 16.7 Å². The molecule has 5 nitrogen and oxygen atoms in total. The quantitative estimate of drug-likeness (QED) is 0.419. The van der Waals surface area contributed by atoms with Crippen molar-refractivity contribution in [1.29, 1.82) is 5.26 Å². The van der Waals surface area contributed by atoms with E-state index in [4.69, 9.17) is 34.8 Å². The number of halogens is 3. The molecule has 0 saturated heterocycles. The van der Waals surface area contributed by atoms with E-state index in [1.807, 2.05) is 26.0 Å². The Kier molecular flexibility index (Phi) is 7.54. The fourth-order valence-corrected chi connectivity index (χ4v) is 5.74. The molecule has 2 aromatic carbocycles. The zero-order valence-corrected chi connectivity index (χ0v) is 22.1. The predicted molar refractivity (Wildman–Crippen MR) is 143 cm³/mol. The Hall–Kier alpha value is -2.43. The van der Waals surface area contributed by atoms with Crippen molar-refractivity contribution < 1.29 is 9.59 Å². The molecule has 0 radical (unpaired) electrons. The van der Waals surface area contributed by atoms with Gasteiger partial charge in [0.1, 0.15) is 0 Å². The summed E-state index contributed by atoms with van der Waals surface area (Å²) in [6.45, 7) is 4.10. The van der Waals surface area contributed by atoms with Gasteiger partial charge in [-0.05, 0) is 41.7 Å². The number of amides is 1. The molecule has 0 aromatic heterocycles. The number of rotatable bonds is 5. The number of nitrogens with one attached hydrogen (secondary N) is 2. The molecule has 0 bridgehead atoms. The van der Waals surface area contributed by atoms with Crippen molar-refractivity contribution in [3.05, 3.63) is 85.0 Å². The highest BCUT2D eigenvalue weighted by molar-refractivity contribution is 8.03. The number of ketones is 1. The number of thioether (sulfide) groups is 1. The number of hydrogen-bond acceptors (Lipinski definition) is 5. The van der Waals surface area contributed by atoms with Crippen LogP contribution < -0.4 is 10.6 Å².